The van der Waals surface area contributed by atoms with Gasteiger partial charge < -0.3 is 14.0 Å². The Hall–Kier alpha value is -5.09. The van der Waals surface area contributed by atoms with Crippen molar-refractivity contribution in [2.75, 3.05) is 14.2 Å². The summed E-state index contributed by atoms with van der Waals surface area (Å²) in [6, 6.07) is 17.3. The monoisotopic (exact) mass is 814 g/mol. The van der Waals surface area contributed by atoms with Gasteiger partial charge in [0.25, 0.3) is 0 Å². The van der Waals surface area contributed by atoms with Gasteiger partial charge >= 0.3 is 0 Å². The van der Waals surface area contributed by atoms with Crippen LogP contribution in [0.15, 0.2) is 99.8 Å². The minimum Gasteiger partial charge on any atom is -0.495 e. The van der Waals surface area contributed by atoms with E-state index in [1.54, 1.807) is 82.2 Å². The van der Waals surface area contributed by atoms with Gasteiger partial charge in [0.1, 0.15) is 31.5 Å². The number of ether oxygens (including phenoxy) is 2. The molecule has 0 unspecified atom stereocenters. The van der Waals surface area contributed by atoms with E-state index in [-0.39, 0.29) is 0 Å². The number of aromatic nitrogens is 5. The molecule has 0 radical (unpaired) electrons. The Bertz CT molecular complexity index is 2860. The van der Waals surface area contributed by atoms with E-state index in [1.807, 2.05) is 46.3 Å². The molecule has 0 spiro atoms. The molecule has 2 aromatic carbocycles. The number of rotatable bonds is 9. The highest BCUT2D eigenvalue weighted by Crippen LogP contribution is 2.49. The Balaban J connectivity index is 1.21. The molecule has 0 saturated heterocycles. The Morgan fingerprint density at radius 3 is 1.74 bits per heavy atom. The lowest BCUT2D eigenvalue weighted by atomic mass is 9.99. The van der Waals surface area contributed by atoms with Crippen LogP contribution in [0.25, 0.3) is 74.0 Å². The minimum absolute atomic E-state index is 0.778. The van der Waals surface area contributed by atoms with Crippen LogP contribution in [0, 0.1) is 0 Å². The van der Waals surface area contributed by atoms with E-state index in [2.05, 4.69) is 86.2 Å². The first-order chi connectivity index (χ1) is 26.6. The third-order valence-electron chi connectivity index (χ3n) is 9.21. The van der Waals surface area contributed by atoms with Crippen LogP contribution in [-0.4, -0.2) is 44.4 Å². The van der Waals surface area contributed by atoms with Crippen molar-refractivity contribution in [1.29, 1.82) is 0 Å². The van der Waals surface area contributed by atoms with Crippen LogP contribution in [0.4, 0.5) is 0 Å². The fraction of sp³-hybridized carbons (Fsp3) is 0.0750. The molecule has 54 heavy (non-hydrogen) atoms. The van der Waals surface area contributed by atoms with Crippen molar-refractivity contribution in [2.24, 2.45) is 12.0 Å². The molecule has 8 nitrogen and oxygen atoms in total. The lowest BCUT2D eigenvalue weighted by Crippen LogP contribution is -2.00. The fourth-order valence-corrected chi connectivity index (χ4v) is 11.8. The Kier molecular flexibility index (Phi) is 8.46. The van der Waals surface area contributed by atoms with Crippen molar-refractivity contribution in [3.63, 3.8) is 0 Å². The van der Waals surface area contributed by atoms with E-state index in [0.717, 1.165) is 107 Å². The van der Waals surface area contributed by atoms with Gasteiger partial charge in [-0.15, -0.1) is 68.0 Å². The first-order valence-corrected chi connectivity index (χ1v) is 21.8. The van der Waals surface area contributed by atoms with Crippen molar-refractivity contribution < 1.29 is 9.47 Å². The van der Waals surface area contributed by atoms with Crippen molar-refractivity contribution in [3.8, 4) is 63.0 Å². The quantitative estimate of drug-likeness (QED) is 0.144. The van der Waals surface area contributed by atoms with Gasteiger partial charge in [-0.25, -0.2) is 24.9 Å². The summed E-state index contributed by atoms with van der Waals surface area (Å²) < 4.78 is 14.3. The van der Waals surface area contributed by atoms with Crippen LogP contribution in [0.5, 0.6) is 11.5 Å². The molecule has 0 saturated carbocycles. The van der Waals surface area contributed by atoms with Gasteiger partial charge in [0.05, 0.1) is 56.5 Å². The third-order valence-corrected chi connectivity index (χ3v) is 15.0. The molecule has 7 aromatic heterocycles. The van der Waals surface area contributed by atoms with Crippen molar-refractivity contribution in [2.45, 2.75) is 0 Å². The van der Waals surface area contributed by atoms with E-state index in [9.17, 15) is 0 Å². The summed E-state index contributed by atoms with van der Waals surface area (Å²) >= 11 is 9.85. The van der Waals surface area contributed by atoms with E-state index >= 15 is 0 Å². The number of thiazole rings is 4. The molecule has 0 bridgehead atoms. The lowest BCUT2D eigenvalue weighted by molar-refractivity contribution is 0.416. The molecule has 9 aromatic rings. The standard InChI is InChI=1S/C40H26N6O2S6/c1-46-28(26-17-22(38-42-9-13-50-38)5-7-24(26)34(46)36-30(48-3)20-32(54-36)40-44-11-15-52-40)18-27-25-16-21(37-41-8-12-49-37)4-6-23(25)33(45-27)35-29(47-2)19-31(53-35)39-43-10-14-51-39/h4-20H,1-3H3/b27-18-. The Morgan fingerprint density at radius 2 is 1.15 bits per heavy atom. The topological polar surface area (TPSA) is 87.3 Å². The van der Waals surface area contributed by atoms with E-state index in [0.29, 0.717) is 0 Å². The Morgan fingerprint density at radius 1 is 0.593 bits per heavy atom. The van der Waals surface area contributed by atoms with E-state index < -0.39 is 0 Å². The molecule has 0 aliphatic carbocycles. The number of thiophene rings is 2. The number of methoxy groups -OCH3 is 2. The molecule has 0 amide bonds. The molecule has 0 atom stereocenters. The number of benzene rings is 2. The highest BCUT2D eigenvalue weighted by atomic mass is 32.1. The zero-order valence-electron chi connectivity index (χ0n) is 28.8. The number of fused-ring (bicyclic) bond motifs is 2. The predicted molar refractivity (Wildman–Crippen MR) is 228 cm³/mol. The fourth-order valence-electron chi connectivity index (χ4n) is 6.79. The molecule has 1 aliphatic rings. The molecule has 14 heteroatoms. The van der Waals surface area contributed by atoms with Crippen LogP contribution in [0.2, 0.25) is 0 Å². The summed E-state index contributed by atoms with van der Waals surface area (Å²) in [7, 11) is 5.57. The normalized spacial score (nSPS) is 13.2. The van der Waals surface area contributed by atoms with Gasteiger partial charge in [-0.3, -0.25) is 0 Å². The zero-order chi connectivity index (χ0) is 36.3. The van der Waals surface area contributed by atoms with E-state index in [4.69, 9.17) is 14.5 Å². The third kappa shape index (κ3) is 5.60. The molecule has 0 N–H and O–H groups in total. The molecule has 1 aliphatic heterocycles. The van der Waals surface area contributed by atoms with Gasteiger partial charge in [0.2, 0.25) is 0 Å². The van der Waals surface area contributed by atoms with Crippen LogP contribution in [0.1, 0.15) is 21.7 Å². The van der Waals surface area contributed by atoms with Crippen molar-refractivity contribution in [3.05, 3.63) is 117 Å². The summed E-state index contributed by atoms with van der Waals surface area (Å²) in [5.74, 6) is 1.59. The SMILES string of the molecule is COc1cc(-c2nccs2)sc1C1=N/C(=C\c2c3cc(-c4nccs4)ccc3c(-c3sc(-c4nccs4)cc3OC)n2C)c2cc(-c3nccs3)ccc21. The summed E-state index contributed by atoms with van der Waals surface area (Å²) in [6.45, 7) is 0. The minimum atomic E-state index is 0.778. The summed E-state index contributed by atoms with van der Waals surface area (Å²) in [4.78, 5) is 28.0. The second-order valence-corrected chi connectivity index (χ2v) is 17.9. The summed E-state index contributed by atoms with van der Waals surface area (Å²) in [5.41, 5.74) is 8.03. The highest BCUT2D eigenvalue weighted by Gasteiger charge is 2.29. The number of nitrogens with zero attached hydrogens (tertiary/aromatic N) is 6. The largest absolute Gasteiger partial charge is 0.495 e. The number of hydrogen-bond acceptors (Lipinski definition) is 13. The van der Waals surface area contributed by atoms with Crippen molar-refractivity contribution >= 4 is 96.3 Å². The van der Waals surface area contributed by atoms with Crippen molar-refractivity contribution in [1.82, 2.24) is 24.5 Å². The van der Waals surface area contributed by atoms with Gasteiger partial charge in [-0.2, -0.15) is 0 Å². The lowest BCUT2D eigenvalue weighted by Gasteiger charge is -2.08. The maximum absolute atomic E-state index is 6.03. The predicted octanol–water partition coefficient (Wildman–Crippen LogP) is 11.8. The number of aliphatic imine (C=N–C) groups is 1. The second kappa shape index (κ2) is 13.6. The van der Waals surface area contributed by atoms with Crippen LogP contribution in [0.3, 0.4) is 0 Å². The summed E-state index contributed by atoms with van der Waals surface area (Å²) in [5, 5.41) is 14.1. The first kappa shape index (κ1) is 33.5. The number of hydrogen-bond donors (Lipinski definition) is 0. The maximum atomic E-state index is 6.03. The smallest absolute Gasteiger partial charge is 0.139 e. The average Bonchev–Trinajstić information content (AvgIpc) is 4.06. The second-order valence-electron chi connectivity index (χ2n) is 12.2. The molecule has 0 fully saturated rings. The van der Waals surface area contributed by atoms with Crippen LogP contribution < -0.4 is 9.47 Å². The summed E-state index contributed by atoms with van der Waals surface area (Å²) in [6.07, 6.45) is 9.59. The first-order valence-electron chi connectivity index (χ1n) is 16.6. The maximum Gasteiger partial charge on any atom is 0.139 e. The highest BCUT2D eigenvalue weighted by molar-refractivity contribution is 7.23. The molecular formula is C40H26N6O2S6. The van der Waals surface area contributed by atoms with Gasteiger partial charge in [0, 0.05) is 98.5 Å². The molecule has 264 valence electrons. The van der Waals surface area contributed by atoms with Gasteiger partial charge in [0.15, 0.2) is 0 Å². The average molecular weight is 815 g/mol. The van der Waals surface area contributed by atoms with Crippen LogP contribution >= 0.6 is 68.0 Å². The van der Waals surface area contributed by atoms with Gasteiger partial charge in [-0.05, 0) is 18.2 Å². The molecule has 10 rings (SSSR count). The van der Waals surface area contributed by atoms with Gasteiger partial charge in [-0.1, -0.05) is 24.3 Å². The van der Waals surface area contributed by atoms with Crippen LogP contribution in [-0.2, 0) is 7.05 Å². The zero-order valence-corrected chi connectivity index (χ0v) is 33.7. The van der Waals surface area contributed by atoms with E-state index in [1.165, 1.54) is 0 Å². The molecule has 8 heterocycles. The molecular weight excluding hydrogens is 789 g/mol. The Labute approximate surface area is 333 Å².